The minimum atomic E-state index is -0.310. The van der Waals surface area contributed by atoms with Gasteiger partial charge in [0.15, 0.2) is 5.78 Å². The highest BCUT2D eigenvalue weighted by atomic mass is 16.5. The summed E-state index contributed by atoms with van der Waals surface area (Å²) < 4.78 is 5.12. The van der Waals surface area contributed by atoms with Gasteiger partial charge in [-0.3, -0.25) is 14.4 Å². The first-order valence-corrected chi connectivity index (χ1v) is 10.1. The van der Waals surface area contributed by atoms with Gasteiger partial charge in [-0.15, -0.1) is 0 Å². The molecule has 152 valence electrons. The van der Waals surface area contributed by atoms with Crippen molar-refractivity contribution >= 4 is 17.7 Å². The summed E-state index contributed by atoms with van der Waals surface area (Å²) in [6, 6.07) is 12.5. The number of hydrogen-bond donors (Lipinski definition) is 0. The zero-order valence-corrected chi connectivity index (χ0v) is 17.2. The van der Waals surface area contributed by atoms with Gasteiger partial charge in [-0.2, -0.15) is 0 Å². The van der Waals surface area contributed by atoms with E-state index in [0.717, 1.165) is 17.5 Å². The molecule has 1 aliphatic rings. The molecule has 1 aliphatic heterocycles. The second kappa shape index (κ2) is 9.03. The highest BCUT2D eigenvalue weighted by Gasteiger charge is 2.31. The van der Waals surface area contributed by atoms with E-state index in [-0.39, 0.29) is 23.6 Å². The molecule has 1 fully saturated rings. The highest BCUT2D eigenvalue weighted by molar-refractivity contribution is 6.15. The molecule has 29 heavy (non-hydrogen) atoms. The van der Waals surface area contributed by atoms with Gasteiger partial charge in [0.05, 0.1) is 18.1 Å². The fraction of sp³-hybridized carbons (Fsp3) is 0.375. The molecule has 0 saturated carbocycles. The normalized spacial score (nSPS) is 16.4. The summed E-state index contributed by atoms with van der Waals surface area (Å²) in [5.74, 6) is -0.956. The molecule has 2 aromatic carbocycles. The van der Waals surface area contributed by atoms with E-state index >= 15 is 0 Å². The number of esters is 1. The summed E-state index contributed by atoms with van der Waals surface area (Å²) in [5.41, 5.74) is 3.48. The lowest BCUT2D eigenvalue weighted by Gasteiger charge is -2.32. The number of carbonyl (C=O) groups is 3. The zero-order chi connectivity index (χ0) is 21.0. The Bertz CT molecular complexity index is 934. The van der Waals surface area contributed by atoms with E-state index in [2.05, 4.69) is 0 Å². The second-order valence-electron chi connectivity index (χ2n) is 7.52. The summed E-state index contributed by atoms with van der Waals surface area (Å²) in [5, 5.41) is 0. The quantitative estimate of drug-likeness (QED) is 0.570. The lowest BCUT2D eigenvalue weighted by Crippen LogP contribution is -2.43. The van der Waals surface area contributed by atoms with Crippen molar-refractivity contribution < 1.29 is 19.1 Å². The fourth-order valence-corrected chi connectivity index (χ4v) is 3.69. The van der Waals surface area contributed by atoms with Crippen LogP contribution in [0.3, 0.4) is 0 Å². The van der Waals surface area contributed by atoms with Crippen molar-refractivity contribution in [3.63, 3.8) is 0 Å². The van der Waals surface area contributed by atoms with Gasteiger partial charge < -0.3 is 9.64 Å². The van der Waals surface area contributed by atoms with E-state index in [1.54, 1.807) is 42.2 Å². The Labute approximate surface area is 171 Å². The van der Waals surface area contributed by atoms with E-state index in [9.17, 15) is 14.4 Å². The van der Waals surface area contributed by atoms with Gasteiger partial charge in [-0.1, -0.05) is 30.3 Å². The van der Waals surface area contributed by atoms with Crippen LogP contribution in [0.25, 0.3) is 0 Å². The van der Waals surface area contributed by atoms with Gasteiger partial charge in [0, 0.05) is 24.2 Å². The SMILES string of the molecule is CCOC(=O)C1CCCN(C(=O)c2ccccc2C(=O)c2ccc(C)c(C)c2)C1. The zero-order valence-electron chi connectivity index (χ0n) is 17.2. The number of carbonyl (C=O) groups excluding carboxylic acids is 3. The Balaban J connectivity index is 1.86. The monoisotopic (exact) mass is 393 g/mol. The van der Waals surface area contributed by atoms with Crippen molar-refractivity contribution in [1.82, 2.24) is 4.90 Å². The van der Waals surface area contributed by atoms with Crippen LogP contribution in [-0.4, -0.2) is 42.3 Å². The molecule has 1 heterocycles. The Morgan fingerprint density at radius 2 is 1.76 bits per heavy atom. The molecule has 0 N–H and O–H groups in total. The van der Waals surface area contributed by atoms with Crippen LogP contribution >= 0.6 is 0 Å². The molecular weight excluding hydrogens is 366 g/mol. The van der Waals surface area contributed by atoms with Crippen LogP contribution in [0.1, 0.15) is 57.2 Å². The third kappa shape index (κ3) is 4.56. The lowest BCUT2D eigenvalue weighted by molar-refractivity contribution is -0.149. The smallest absolute Gasteiger partial charge is 0.310 e. The predicted octanol–water partition coefficient (Wildman–Crippen LogP) is 3.95. The van der Waals surface area contributed by atoms with E-state index in [1.807, 2.05) is 26.0 Å². The average molecular weight is 393 g/mol. The number of amides is 1. The van der Waals surface area contributed by atoms with E-state index in [0.29, 0.717) is 42.8 Å². The van der Waals surface area contributed by atoms with Gasteiger partial charge in [-0.05, 0) is 56.9 Å². The van der Waals surface area contributed by atoms with E-state index < -0.39 is 0 Å². The van der Waals surface area contributed by atoms with Crippen molar-refractivity contribution in [3.8, 4) is 0 Å². The van der Waals surface area contributed by atoms with E-state index in [4.69, 9.17) is 4.74 Å². The van der Waals surface area contributed by atoms with Crippen molar-refractivity contribution in [1.29, 1.82) is 0 Å². The molecule has 1 unspecified atom stereocenters. The largest absolute Gasteiger partial charge is 0.466 e. The van der Waals surface area contributed by atoms with Crippen molar-refractivity contribution in [3.05, 3.63) is 70.3 Å². The number of rotatable bonds is 5. The van der Waals surface area contributed by atoms with Gasteiger partial charge in [0.25, 0.3) is 5.91 Å². The first-order chi connectivity index (χ1) is 13.9. The first kappa shape index (κ1) is 20.8. The van der Waals surface area contributed by atoms with Crippen LogP contribution < -0.4 is 0 Å². The number of nitrogens with zero attached hydrogens (tertiary/aromatic N) is 1. The standard InChI is InChI=1S/C24H27NO4/c1-4-29-24(28)19-8-7-13-25(15-19)23(27)21-10-6-5-9-20(21)22(26)18-12-11-16(2)17(3)14-18/h5-6,9-12,14,19H,4,7-8,13,15H2,1-3H3. The summed E-state index contributed by atoms with van der Waals surface area (Å²) >= 11 is 0. The van der Waals surface area contributed by atoms with Crippen molar-refractivity contribution in [2.24, 2.45) is 5.92 Å². The molecule has 1 amide bonds. The van der Waals surface area contributed by atoms with Crippen LogP contribution in [0.2, 0.25) is 0 Å². The maximum atomic E-state index is 13.2. The maximum absolute atomic E-state index is 13.2. The third-order valence-electron chi connectivity index (χ3n) is 5.50. The summed E-state index contributed by atoms with van der Waals surface area (Å²) in [6.45, 7) is 6.96. The predicted molar refractivity (Wildman–Crippen MR) is 111 cm³/mol. The van der Waals surface area contributed by atoms with E-state index in [1.165, 1.54) is 0 Å². The molecule has 5 heteroatoms. The van der Waals surface area contributed by atoms with Gasteiger partial charge in [0.1, 0.15) is 0 Å². The summed E-state index contributed by atoms with van der Waals surface area (Å²) in [4.78, 5) is 40.1. The van der Waals surface area contributed by atoms with Crippen LogP contribution in [0.15, 0.2) is 42.5 Å². The molecule has 0 spiro atoms. The molecule has 3 rings (SSSR count). The summed E-state index contributed by atoms with van der Waals surface area (Å²) in [7, 11) is 0. The highest BCUT2D eigenvalue weighted by Crippen LogP contribution is 2.23. The number of piperidine rings is 1. The Hall–Kier alpha value is -2.95. The third-order valence-corrected chi connectivity index (χ3v) is 5.50. The van der Waals surface area contributed by atoms with Crippen LogP contribution in [0.5, 0.6) is 0 Å². The minimum absolute atomic E-state index is 0.170. The molecule has 1 saturated heterocycles. The molecule has 0 aliphatic carbocycles. The Morgan fingerprint density at radius 3 is 2.45 bits per heavy atom. The summed E-state index contributed by atoms with van der Waals surface area (Å²) in [6.07, 6.45) is 1.45. The topological polar surface area (TPSA) is 63.7 Å². The Kier molecular flexibility index (Phi) is 6.47. The van der Waals surface area contributed by atoms with Crippen molar-refractivity contribution in [2.45, 2.75) is 33.6 Å². The van der Waals surface area contributed by atoms with Crippen molar-refractivity contribution in [2.75, 3.05) is 19.7 Å². The number of ether oxygens (including phenoxy) is 1. The Morgan fingerprint density at radius 1 is 1.03 bits per heavy atom. The first-order valence-electron chi connectivity index (χ1n) is 10.1. The maximum Gasteiger partial charge on any atom is 0.310 e. The fourth-order valence-electron chi connectivity index (χ4n) is 3.69. The molecule has 2 aromatic rings. The number of likely N-dealkylation sites (tertiary alicyclic amines) is 1. The number of benzene rings is 2. The molecule has 1 atom stereocenters. The molecule has 5 nitrogen and oxygen atoms in total. The number of aryl methyl sites for hydroxylation is 2. The van der Waals surface area contributed by atoms with Gasteiger partial charge in [0.2, 0.25) is 0 Å². The van der Waals surface area contributed by atoms with Gasteiger partial charge in [-0.25, -0.2) is 0 Å². The minimum Gasteiger partial charge on any atom is -0.466 e. The molecule has 0 aromatic heterocycles. The molecule has 0 bridgehead atoms. The van der Waals surface area contributed by atoms with Gasteiger partial charge >= 0.3 is 5.97 Å². The lowest BCUT2D eigenvalue weighted by atomic mass is 9.94. The number of ketones is 1. The average Bonchev–Trinajstić information content (AvgIpc) is 2.75. The second-order valence-corrected chi connectivity index (χ2v) is 7.52. The van der Waals surface area contributed by atoms with Crippen LogP contribution in [0, 0.1) is 19.8 Å². The number of hydrogen-bond acceptors (Lipinski definition) is 4. The molecular formula is C24H27NO4. The molecule has 0 radical (unpaired) electrons. The van der Waals surface area contributed by atoms with Crippen LogP contribution in [0.4, 0.5) is 0 Å². The van der Waals surface area contributed by atoms with Crippen LogP contribution in [-0.2, 0) is 9.53 Å².